The number of carbonyl (C=O) groups excluding carboxylic acids is 5. The van der Waals surface area contributed by atoms with E-state index in [2.05, 4.69) is 26.6 Å². The molecule has 0 spiro atoms. The lowest BCUT2D eigenvalue weighted by molar-refractivity contribution is -0.142. The molecule has 0 radical (unpaired) electrons. The van der Waals surface area contributed by atoms with Crippen LogP contribution in [0.5, 0.6) is 0 Å². The van der Waals surface area contributed by atoms with Crippen LogP contribution in [0.1, 0.15) is 111 Å². The lowest BCUT2D eigenvalue weighted by Gasteiger charge is -2.29. The Morgan fingerprint density at radius 1 is 0.585 bits per heavy atom. The van der Waals surface area contributed by atoms with Gasteiger partial charge in [0, 0.05) is 12.8 Å². The van der Waals surface area contributed by atoms with E-state index in [1.54, 1.807) is 20.8 Å². The van der Waals surface area contributed by atoms with Crippen molar-refractivity contribution in [1.29, 1.82) is 0 Å². The Hall–Kier alpha value is -4.81. The molecule has 19 heteroatoms. The SMILES string of the molecule is CCC[C@H](NC(=O)[C@H](CC1CCCCC1)NC(=O)[C@H](CCC(=O)O)NC(=O)[C@H](CC(C)C)NC(=O)[C@H](CCC(=O)O)NC(=O)[C@@H](N)CC(=O)O)C(=O)O. The summed E-state index contributed by atoms with van der Waals surface area (Å²) in [6.45, 7) is 5.18. The van der Waals surface area contributed by atoms with Crippen LogP contribution in [0.3, 0.4) is 0 Å². The smallest absolute Gasteiger partial charge is 0.326 e. The number of hydrogen-bond acceptors (Lipinski definition) is 10. The zero-order valence-corrected chi connectivity index (χ0v) is 30.6. The summed E-state index contributed by atoms with van der Waals surface area (Å²) in [5.74, 6) is -10.1. The third kappa shape index (κ3) is 18.5. The Balaban J connectivity index is 3.33. The number of amides is 5. The van der Waals surface area contributed by atoms with Crippen molar-refractivity contribution < 1.29 is 63.6 Å². The summed E-state index contributed by atoms with van der Waals surface area (Å²) in [6.07, 6.45) is 2.36. The highest BCUT2D eigenvalue weighted by atomic mass is 16.4. The van der Waals surface area contributed by atoms with Crippen molar-refractivity contribution >= 4 is 53.4 Å². The van der Waals surface area contributed by atoms with E-state index >= 15 is 0 Å². The molecule has 0 saturated heterocycles. The summed E-state index contributed by atoms with van der Waals surface area (Å²) in [4.78, 5) is 112. The fourth-order valence-electron chi connectivity index (χ4n) is 5.96. The number of carbonyl (C=O) groups is 9. The Bertz CT molecular complexity index is 1300. The van der Waals surface area contributed by atoms with Crippen molar-refractivity contribution in [3.63, 3.8) is 0 Å². The van der Waals surface area contributed by atoms with Gasteiger partial charge in [-0.3, -0.25) is 38.4 Å². The molecule has 0 aromatic carbocycles. The van der Waals surface area contributed by atoms with Gasteiger partial charge in [-0.2, -0.15) is 0 Å². The molecule has 0 heterocycles. The summed E-state index contributed by atoms with van der Waals surface area (Å²) >= 11 is 0. The van der Waals surface area contributed by atoms with E-state index in [0.717, 1.165) is 32.1 Å². The van der Waals surface area contributed by atoms with Gasteiger partial charge in [0.2, 0.25) is 29.5 Å². The second-order valence-electron chi connectivity index (χ2n) is 13.9. The minimum atomic E-state index is -1.57. The molecule has 19 nitrogen and oxygen atoms in total. The third-order valence-corrected chi connectivity index (χ3v) is 8.75. The zero-order chi connectivity index (χ0) is 40.2. The average Bonchev–Trinajstić information content (AvgIpc) is 3.06. The number of carboxylic acids is 4. The lowest BCUT2D eigenvalue weighted by atomic mass is 9.84. The van der Waals surface area contributed by atoms with Crippen LogP contribution in [-0.4, -0.2) is 110 Å². The number of hydrogen-bond donors (Lipinski definition) is 10. The summed E-state index contributed by atoms with van der Waals surface area (Å²) < 4.78 is 0. The minimum absolute atomic E-state index is 0.0241. The van der Waals surface area contributed by atoms with Crippen LogP contribution in [0.15, 0.2) is 0 Å². The molecule has 53 heavy (non-hydrogen) atoms. The fraction of sp³-hybridized carbons (Fsp3) is 0.735. The number of carboxylic acid groups (broad SMARTS) is 4. The van der Waals surface area contributed by atoms with Gasteiger partial charge in [-0.25, -0.2) is 4.79 Å². The van der Waals surface area contributed by atoms with Gasteiger partial charge in [0.25, 0.3) is 0 Å². The summed E-state index contributed by atoms with van der Waals surface area (Å²) in [5.41, 5.74) is 5.59. The molecule has 1 aliphatic rings. The molecule has 6 atom stereocenters. The number of aliphatic carboxylic acids is 4. The summed E-state index contributed by atoms with van der Waals surface area (Å²) in [6, 6.07) is -8.43. The monoisotopic (exact) mass is 756 g/mol. The van der Waals surface area contributed by atoms with Gasteiger partial charge in [0.1, 0.15) is 30.2 Å². The number of nitrogens with two attached hydrogens (primary N) is 1. The Morgan fingerprint density at radius 2 is 1.02 bits per heavy atom. The highest BCUT2D eigenvalue weighted by Gasteiger charge is 2.34. The molecule has 5 amide bonds. The maximum Gasteiger partial charge on any atom is 0.326 e. The molecule has 1 aliphatic carbocycles. The Morgan fingerprint density at radius 3 is 1.47 bits per heavy atom. The van der Waals surface area contributed by atoms with Gasteiger partial charge in [0.15, 0.2) is 0 Å². The van der Waals surface area contributed by atoms with E-state index in [0.29, 0.717) is 6.42 Å². The minimum Gasteiger partial charge on any atom is -0.481 e. The predicted octanol–water partition coefficient (Wildman–Crippen LogP) is -0.157. The molecule has 11 N–H and O–H groups in total. The van der Waals surface area contributed by atoms with Crippen molar-refractivity contribution in [3.8, 4) is 0 Å². The quantitative estimate of drug-likeness (QED) is 0.0579. The van der Waals surface area contributed by atoms with E-state index in [9.17, 15) is 58.5 Å². The third-order valence-electron chi connectivity index (χ3n) is 8.75. The number of rotatable bonds is 25. The average molecular weight is 757 g/mol. The van der Waals surface area contributed by atoms with Crippen LogP contribution in [0.25, 0.3) is 0 Å². The Labute approximate surface area is 307 Å². The summed E-state index contributed by atoms with van der Waals surface area (Å²) in [7, 11) is 0. The topological polar surface area (TPSA) is 321 Å². The van der Waals surface area contributed by atoms with E-state index in [-0.39, 0.29) is 31.1 Å². The first-order valence-electron chi connectivity index (χ1n) is 18.0. The van der Waals surface area contributed by atoms with Gasteiger partial charge in [-0.05, 0) is 43.9 Å². The maximum atomic E-state index is 13.7. The van der Waals surface area contributed by atoms with Crippen molar-refractivity contribution in [2.24, 2.45) is 17.6 Å². The van der Waals surface area contributed by atoms with Gasteiger partial charge >= 0.3 is 23.9 Å². The zero-order valence-electron chi connectivity index (χ0n) is 30.6. The standard InChI is InChI=1S/C34H56N6O13/c1-4-8-23(34(52)53)38-33(51)25(16-19-9-6-5-7-10-19)40-31(49)22(12-14-27(43)44)37-32(50)24(15-18(2)3)39-30(48)21(11-13-26(41)42)36-29(47)20(35)17-28(45)46/h18-25H,4-17,35H2,1-3H3,(H,36,47)(H,37,50)(H,38,51)(H,39,48)(H,40,49)(H,41,42)(H,43,44)(H,45,46)(H,52,53)/t20-,21-,22-,23-,24-,25-/m0/s1. The largest absolute Gasteiger partial charge is 0.481 e. The molecule has 0 unspecified atom stereocenters. The van der Waals surface area contributed by atoms with Crippen LogP contribution < -0.4 is 32.3 Å². The van der Waals surface area contributed by atoms with Crippen LogP contribution in [0.4, 0.5) is 0 Å². The van der Waals surface area contributed by atoms with Crippen molar-refractivity contribution in [2.45, 2.75) is 147 Å². The summed E-state index contributed by atoms with van der Waals surface area (Å²) in [5, 5.41) is 49.3. The molecule has 1 rings (SSSR count). The molecule has 0 aliphatic heterocycles. The molecule has 0 aromatic heterocycles. The van der Waals surface area contributed by atoms with Gasteiger partial charge in [-0.15, -0.1) is 0 Å². The first-order valence-corrected chi connectivity index (χ1v) is 18.0. The fourth-order valence-corrected chi connectivity index (χ4v) is 5.96. The van der Waals surface area contributed by atoms with Crippen molar-refractivity contribution in [2.75, 3.05) is 0 Å². The normalized spacial score (nSPS) is 16.5. The highest BCUT2D eigenvalue weighted by molar-refractivity contribution is 5.97. The van der Waals surface area contributed by atoms with Crippen molar-refractivity contribution in [1.82, 2.24) is 26.6 Å². The van der Waals surface area contributed by atoms with Crippen LogP contribution in [0.2, 0.25) is 0 Å². The first-order chi connectivity index (χ1) is 24.8. The van der Waals surface area contributed by atoms with Gasteiger partial charge in [-0.1, -0.05) is 59.3 Å². The maximum absolute atomic E-state index is 13.7. The Kier molecular flexibility index (Phi) is 20.7. The van der Waals surface area contributed by atoms with E-state index in [4.69, 9.17) is 10.8 Å². The molecule has 0 aromatic rings. The first kappa shape index (κ1) is 46.2. The molecule has 300 valence electrons. The highest BCUT2D eigenvalue weighted by Crippen LogP contribution is 2.27. The molecule has 0 bridgehead atoms. The molecule has 1 saturated carbocycles. The molecule has 1 fully saturated rings. The van der Waals surface area contributed by atoms with Crippen LogP contribution >= 0.6 is 0 Å². The second kappa shape index (κ2) is 23.7. The molecular weight excluding hydrogens is 700 g/mol. The van der Waals surface area contributed by atoms with E-state index in [1.165, 1.54) is 0 Å². The van der Waals surface area contributed by atoms with Crippen molar-refractivity contribution in [3.05, 3.63) is 0 Å². The number of nitrogens with one attached hydrogen (secondary N) is 5. The van der Waals surface area contributed by atoms with Gasteiger partial charge < -0.3 is 52.7 Å². The second-order valence-corrected chi connectivity index (χ2v) is 13.9. The van der Waals surface area contributed by atoms with Gasteiger partial charge in [0.05, 0.1) is 12.5 Å². The van der Waals surface area contributed by atoms with E-state index < -0.39 is 122 Å². The van der Waals surface area contributed by atoms with Crippen LogP contribution in [-0.2, 0) is 43.2 Å². The van der Waals surface area contributed by atoms with Crippen LogP contribution in [0, 0.1) is 11.8 Å². The predicted molar refractivity (Wildman–Crippen MR) is 187 cm³/mol. The lowest BCUT2D eigenvalue weighted by Crippen LogP contribution is -2.59. The molecular formula is C34H56N6O13. The van der Waals surface area contributed by atoms with E-state index in [1.807, 2.05) is 0 Å².